The van der Waals surface area contributed by atoms with E-state index >= 15 is 0 Å². The summed E-state index contributed by atoms with van der Waals surface area (Å²) in [6.45, 7) is 19.2. The maximum Gasteiger partial charge on any atom is 0.00391 e. The maximum atomic E-state index is 3.68. The Bertz CT molecular complexity index is 259. The van der Waals surface area contributed by atoms with E-state index in [4.69, 9.17) is 0 Å². The number of rotatable bonds is 8. The first-order valence-corrected chi connectivity index (χ1v) is 8.64. The molecule has 1 aliphatic heterocycles. The number of nitrogens with zero attached hydrogens (tertiary/aromatic N) is 1. The lowest BCUT2D eigenvalue weighted by molar-refractivity contribution is 0.223. The molecule has 1 unspecified atom stereocenters. The molecule has 0 aromatic carbocycles. The lowest BCUT2D eigenvalue weighted by Crippen LogP contribution is -2.35. The highest BCUT2D eigenvalue weighted by Gasteiger charge is 2.21. The highest BCUT2D eigenvalue weighted by molar-refractivity contribution is 4.76. The Labute approximate surface area is 127 Å². The van der Waals surface area contributed by atoms with Gasteiger partial charge in [0, 0.05) is 12.6 Å². The van der Waals surface area contributed by atoms with Gasteiger partial charge in [-0.1, -0.05) is 34.6 Å². The SMILES string of the molecule is CC(CCC(C)(C)CCN1CCCC1)NCC(C)(C)C. The van der Waals surface area contributed by atoms with Crippen molar-refractivity contribution in [3.8, 4) is 0 Å². The van der Waals surface area contributed by atoms with E-state index in [0.717, 1.165) is 6.54 Å². The highest BCUT2D eigenvalue weighted by Crippen LogP contribution is 2.28. The number of nitrogens with one attached hydrogen (secondary N) is 1. The summed E-state index contributed by atoms with van der Waals surface area (Å²) in [4.78, 5) is 2.64. The van der Waals surface area contributed by atoms with Crippen LogP contribution in [0.4, 0.5) is 0 Å². The average molecular weight is 283 g/mol. The third kappa shape index (κ3) is 8.26. The molecule has 20 heavy (non-hydrogen) atoms. The zero-order valence-corrected chi connectivity index (χ0v) is 14.9. The van der Waals surface area contributed by atoms with Gasteiger partial charge in [0.2, 0.25) is 0 Å². The van der Waals surface area contributed by atoms with Crippen LogP contribution >= 0.6 is 0 Å². The first-order chi connectivity index (χ1) is 9.18. The van der Waals surface area contributed by atoms with Crippen LogP contribution in [0.15, 0.2) is 0 Å². The van der Waals surface area contributed by atoms with Crippen LogP contribution in [0.3, 0.4) is 0 Å². The molecule has 120 valence electrons. The maximum absolute atomic E-state index is 3.68. The van der Waals surface area contributed by atoms with Gasteiger partial charge in [0.25, 0.3) is 0 Å². The fraction of sp³-hybridized carbons (Fsp3) is 1.00. The second kappa shape index (κ2) is 7.79. The van der Waals surface area contributed by atoms with Crippen LogP contribution in [0.2, 0.25) is 0 Å². The van der Waals surface area contributed by atoms with E-state index in [1.807, 2.05) is 0 Å². The molecule has 2 heteroatoms. The Balaban J connectivity index is 2.17. The Kier molecular flexibility index (Phi) is 7.00. The van der Waals surface area contributed by atoms with Gasteiger partial charge in [0.05, 0.1) is 0 Å². The Morgan fingerprint density at radius 1 is 1.00 bits per heavy atom. The monoisotopic (exact) mass is 282 g/mol. The normalized spacial score (nSPS) is 19.5. The van der Waals surface area contributed by atoms with Crippen molar-refractivity contribution in [3.05, 3.63) is 0 Å². The summed E-state index contributed by atoms with van der Waals surface area (Å²) in [5, 5.41) is 3.68. The smallest absolute Gasteiger partial charge is 0.00391 e. The van der Waals surface area contributed by atoms with Gasteiger partial charge >= 0.3 is 0 Å². The minimum atomic E-state index is 0.388. The summed E-state index contributed by atoms with van der Waals surface area (Å²) >= 11 is 0. The van der Waals surface area contributed by atoms with Crippen molar-refractivity contribution in [2.75, 3.05) is 26.2 Å². The van der Waals surface area contributed by atoms with Crippen molar-refractivity contribution in [1.29, 1.82) is 0 Å². The zero-order valence-electron chi connectivity index (χ0n) is 14.9. The molecular weight excluding hydrogens is 244 g/mol. The zero-order chi connectivity index (χ0) is 15.2. The van der Waals surface area contributed by atoms with Crippen LogP contribution in [0, 0.1) is 10.8 Å². The standard InChI is InChI=1S/C18H38N2/c1-16(19-15-17(2,3)4)9-10-18(5,6)11-14-20-12-7-8-13-20/h16,19H,7-15H2,1-6H3. The van der Waals surface area contributed by atoms with Gasteiger partial charge in [0.15, 0.2) is 0 Å². The molecule has 1 saturated heterocycles. The van der Waals surface area contributed by atoms with E-state index < -0.39 is 0 Å². The molecule has 0 aliphatic carbocycles. The van der Waals surface area contributed by atoms with Crippen LogP contribution in [-0.2, 0) is 0 Å². The molecule has 1 N–H and O–H groups in total. The van der Waals surface area contributed by atoms with Crippen molar-refractivity contribution in [2.24, 2.45) is 10.8 Å². The number of hydrogen-bond acceptors (Lipinski definition) is 2. The Morgan fingerprint density at radius 3 is 2.15 bits per heavy atom. The van der Waals surface area contributed by atoms with E-state index in [-0.39, 0.29) is 0 Å². The molecule has 1 heterocycles. The van der Waals surface area contributed by atoms with Gasteiger partial charge in [-0.15, -0.1) is 0 Å². The fourth-order valence-corrected chi connectivity index (χ4v) is 2.78. The summed E-state index contributed by atoms with van der Waals surface area (Å²) in [6.07, 6.45) is 6.80. The van der Waals surface area contributed by atoms with Gasteiger partial charge in [-0.05, 0) is 69.5 Å². The molecular formula is C18H38N2. The lowest BCUT2D eigenvalue weighted by atomic mass is 9.83. The Morgan fingerprint density at radius 2 is 1.60 bits per heavy atom. The molecule has 0 radical (unpaired) electrons. The molecule has 2 nitrogen and oxygen atoms in total. The lowest BCUT2D eigenvalue weighted by Gasteiger charge is -2.29. The summed E-state index contributed by atoms with van der Waals surface area (Å²) in [5.41, 5.74) is 0.875. The van der Waals surface area contributed by atoms with E-state index in [0.29, 0.717) is 16.9 Å². The molecule has 0 spiro atoms. The predicted molar refractivity (Wildman–Crippen MR) is 90.2 cm³/mol. The van der Waals surface area contributed by atoms with Crippen molar-refractivity contribution in [1.82, 2.24) is 10.2 Å². The van der Waals surface area contributed by atoms with Crippen LogP contribution in [0.5, 0.6) is 0 Å². The van der Waals surface area contributed by atoms with Crippen molar-refractivity contribution in [2.45, 2.75) is 79.7 Å². The van der Waals surface area contributed by atoms with E-state index in [1.165, 1.54) is 51.7 Å². The molecule has 0 aromatic heterocycles. The van der Waals surface area contributed by atoms with Gasteiger partial charge < -0.3 is 10.2 Å². The minimum Gasteiger partial charge on any atom is -0.314 e. The molecule has 1 aliphatic rings. The van der Waals surface area contributed by atoms with Crippen LogP contribution in [0.25, 0.3) is 0 Å². The molecule has 0 bridgehead atoms. The van der Waals surface area contributed by atoms with Gasteiger partial charge in [-0.25, -0.2) is 0 Å². The van der Waals surface area contributed by atoms with E-state index in [1.54, 1.807) is 0 Å². The van der Waals surface area contributed by atoms with E-state index in [9.17, 15) is 0 Å². The summed E-state index contributed by atoms with van der Waals surface area (Å²) < 4.78 is 0. The summed E-state index contributed by atoms with van der Waals surface area (Å²) in [6, 6.07) is 0.639. The molecule has 1 rings (SSSR count). The van der Waals surface area contributed by atoms with Crippen molar-refractivity contribution in [3.63, 3.8) is 0 Å². The fourth-order valence-electron chi connectivity index (χ4n) is 2.78. The van der Waals surface area contributed by atoms with Crippen LogP contribution in [-0.4, -0.2) is 37.1 Å². The Hall–Kier alpha value is -0.0800. The first kappa shape index (κ1) is 18.0. The second-order valence-corrected chi connectivity index (χ2v) is 8.84. The second-order valence-electron chi connectivity index (χ2n) is 8.84. The van der Waals surface area contributed by atoms with Crippen molar-refractivity contribution >= 4 is 0 Å². The minimum absolute atomic E-state index is 0.388. The summed E-state index contributed by atoms with van der Waals surface area (Å²) in [5.74, 6) is 0. The molecule has 1 fully saturated rings. The highest BCUT2D eigenvalue weighted by atomic mass is 15.1. The van der Waals surface area contributed by atoms with Crippen molar-refractivity contribution < 1.29 is 0 Å². The quantitative estimate of drug-likeness (QED) is 0.714. The largest absolute Gasteiger partial charge is 0.314 e. The number of hydrogen-bond donors (Lipinski definition) is 1. The molecule has 0 aromatic rings. The number of likely N-dealkylation sites (tertiary alicyclic amines) is 1. The third-order valence-corrected chi connectivity index (χ3v) is 4.54. The molecule has 1 atom stereocenters. The summed E-state index contributed by atoms with van der Waals surface area (Å²) in [7, 11) is 0. The van der Waals surface area contributed by atoms with Crippen LogP contribution < -0.4 is 5.32 Å². The van der Waals surface area contributed by atoms with Gasteiger partial charge in [0.1, 0.15) is 0 Å². The molecule has 0 amide bonds. The molecule has 0 saturated carbocycles. The van der Waals surface area contributed by atoms with Gasteiger partial charge in [-0.2, -0.15) is 0 Å². The third-order valence-electron chi connectivity index (χ3n) is 4.54. The predicted octanol–water partition coefficient (Wildman–Crippen LogP) is 4.30. The van der Waals surface area contributed by atoms with E-state index in [2.05, 4.69) is 51.8 Å². The van der Waals surface area contributed by atoms with Crippen LogP contribution in [0.1, 0.15) is 73.6 Å². The first-order valence-electron chi connectivity index (χ1n) is 8.64. The average Bonchev–Trinajstić information content (AvgIpc) is 2.84. The topological polar surface area (TPSA) is 15.3 Å². The van der Waals surface area contributed by atoms with Gasteiger partial charge in [-0.3, -0.25) is 0 Å².